The maximum Gasteiger partial charge on any atom is 0.254 e. The van der Waals surface area contributed by atoms with Crippen LogP contribution in [0, 0.1) is 0 Å². The molecule has 1 saturated heterocycles. The van der Waals surface area contributed by atoms with Crippen LogP contribution in [0.2, 0.25) is 0 Å². The van der Waals surface area contributed by atoms with Crippen LogP contribution in [0.25, 0.3) is 17.2 Å². The summed E-state index contributed by atoms with van der Waals surface area (Å²) in [7, 11) is 0. The number of aromatic nitrogens is 4. The van der Waals surface area contributed by atoms with E-state index < -0.39 is 0 Å². The number of carbonyl (C=O) groups excluding carboxylic acids is 1. The fraction of sp³-hybridized carbons (Fsp3) is 0.500. The van der Waals surface area contributed by atoms with Crippen LogP contribution in [-0.2, 0) is 17.6 Å². The second-order valence-corrected chi connectivity index (χ2v) is 10.8. The number of carbonyl (C=O) groups is 1. The molecule has 0 radical (unpaired) electrons. The first-order chi connectivity index (χ1) is 17.5. The van der Waals surface area contributed by atoms with Gasteiger partial charge in [-0.15, -0.1) is 0 Å². The number of hydrogen-bond donors (Lipinski definition) is 1. The highest BCUT2D eigenvalue weighted by Gasteiger charge is 2.35. The summed E-state index contributed by atoms with van der Waals surface area (Å²) >= 11 is 0. The number of nitrogens with zero attached hydrogens (tertiary/aromatic N) is 5. The van der Waals surface area contributed by atoms with E-state index >= 15 is 0 Å². The molecule has 1 aromatic carbocycles. The zero-order valence-electron chi connectivity index (χ0n) is 21.2. The van der Waals surface area contributed by atoms with Gasteiger partial charge >= 0.3 is 0 Å². The molecule has 3 heterocycles. The van der Waals surface area contributed by atoms with Gasteiger partial charge < -0.3 is 10.1 Å². The van der Waals surface area contributed by atoms with Gasteiger partial charge in [0.15, 0.2) is 0 Å². The SMILES string of the molecule is CC(C)(CNC(=O)c1cnn(-c2ncc3c(n2)-c2ccccc2CCC3)c1C1CC1)N1CCOCC1. The standard InChI is InChI=1S/C28H34N6O2/c1-28(2,33-12-14-36-15-13-33)18-30-26(35)23-17-31-34(25(23)20-10-11-20)27-29-16-21-8-5-7-19-6-3-4-9-22(19)24(21)32-27/h3-4,6,9,16-17,20H,5,7-8,10-15,18H2,1-2H3,(H,30,35). The Morgan fingerprint density at radius 2 is 1.89 bits per heavy atom. The first-order valence-corrected chi connectivity index (χ1v) is 13.1. The van der Waals surface area contributed by atoms with E-state index in [4.69, 9.17) is 14.7 Å². The Morgan fingerprint density at radius 1 is 1.11 bits per heavy atom. The number of nitrogens with one attached hydrogen (secondary N) is 1. The molecule has 0 spiro atoms. The maximum atomic E-state index is 13.4. The molecule has 6 rings (SSSR count). The average molecular weight is 487 g/mol. The summed E-state index contributed by atoms with van der Waals surface area (Å²) in [5, 5.41) is 7.82. The van der Waals surface area contributed by atoms with E-state index in [0.717, 1.165) is 69.8 Å². The number of rotatable bonds is 6. The van der Waals surface area contributed by atoms with Gasteiger partial charge in [-0.1, -0.05) is 24.3 Å². The minimum absolute atomic E-state index is 0.0791. The van der Waals surface area contributed by atoms with Crippen LogP contribution < -0.4 is 5.32 Å². The Kier molecular flexibility index (Phi) is 6.09. The van der Waals surface area contributed by atoms with E-state index in [1.807, 2.05) is 6.20 Å². The van der Waals surface area contributed by atoms with E-state index in [2.05, 4.69) is 53.4 Å². The summed E-state index contributed by atoms with van der Waals surface area (Å²) in [5.41, 5.74) is 6.08. The molecule has 2 aromatic heterocycles. The van der Waals surface area contributed by atoms with Crippen molar-refractivity contribution in [2.45, 2.75) is 57.4 Å². The molecule has 0 unspecified atom stereocenters. The van der Waals surface area contributed by atoms with Gasteiger partial charge in [0.05, 0.1) is 36.4 Å². The van der Waals surface area contributed by atoms with Crippen molar-refractivity contribution in [2.24, 2.45) is 0 Å². The van der Waals surface area contributed by atoms with E-state index in [1.165, 1.54) is 16.7 Å². The second kappa shape index (κ2) is 9.41. The number of ether oxygens (including phenoxy) is 1. The maximum absolute atomic E-state index is 13.4. The third kappa shape index (κ3) is 4.44. The normalized spacial score (nSPS) is 18.3. The molecule has 1 saturated carbocycles. The van der Waals surface area contributed by atoms with Gasteiger partial charge in [-0.2, -0.15) is 5.10 Å². The summed E-state index contributed by atoms with van der Waals surface area (Å²) in [6.07, 6.45) is 8.84. The molecule has 36 heavy (non-hydrogen) atoms. The predicted octanol–water partition coefficient (Wildman–Crippen LogP) is 3.54. The Bertz CT molecular complexity index is 1270. The van der Waals surface area contributed by atoms with Crippen molar-refractivity contribution in [3.63, 3.8) is 0 Å². The monoisotopic (exact) mass is 486 g/mol. The number of hydrogen-bond acceptors (Lipinski definition) is 6. The molecule has 2 fully saturated rings. The highest BCUT2D eigenvalue weighted by molar-refractivity contribution is 5.95. The van der Waals surface area contributed by atoms with Crippen molar-refractivity contribution < 1.29 is 9.53 Å². The summed E-state index contributed by atoms with van der Waals surface area (Å²) < 4.78 is 7.29. The zero-order chi connectivity index (χ0) is 24.7. The van der Waals surface area contributed by atoms with Gasteiger partial charge in [0.2, 0.25) is 0 Å². The number of morpholine rings is 1. The molecule has 188 valence electrons. The topological polar surface area (TPSA) is 85.2 Å². The van der Waals surface area contributed by atoms with Crippen LogP contribution >= 0.6 is 0 Å². The predicted molar refractivity (Wildman–Crippen MR) is 137 cm³/mol. The van der Waals surface area contributed by atoms with E-state index in [1.54, 1.807) is 10.9 Å². The van der Waals surface area contributed by atoms with Crippen LogP contribution in [-0.4, -0.2) is 68.9 Å². The number of benzene rings is 1. The lowest BCUT2D eigenvalue weighted by Gasteiger charge is -2.40. The Hall–Kier alpha value is -3.10. The molecule has 8 nitrogen and oxygen atoms in total. The lowest BCUT2D eigenvalue weighted by Crippen LogP contribution is -2.55. The molecule has 2 aliphatic carbocycles. The lowest BCUT2D eigenvalue weighted by molar-refractivity contribution is -0.00923. The molecule has 8 heteroatoms. The summed E-state index contributed by atoms with van der Waals surface area (Å²) in [5.74, 6) is 0.778. The molecule has 0 atom stereocenters. The summed E-state index contributed by atoms with van der Waals surface area (Å²) in [6, 6.07) is 8.50. The fourth-order valence-electron chi connectivity index (χ4n) is 5.47. The van der Waals surface area contributed by atoms with Gasteiger partial charge in [-0.05, 0) is 57.1 Å². The molecule has 1 aliphatic heterocycles. The van der Waals surface area contributed by atoms with Crippen LogP contribution in [0.5, 0.6) is 0 Å². The van der Waals surface area contributed by atoms with Gasteiger partial charge in [0, 0.05) is 42.9 Å². The van der Waals surface area contributed by atoms with Crippen molar-refractivity contribution in [1.29, 1.82) is 0 Å². The van der Waals surface area contributed by atoms with Crippen molar-refractivity contribution in [3.8, 4) is 17.2 Å². The number of aryl methyl sites for hydroxylation is 2. The summed E-state index contributed by atoms with van der Waals surface area (Å²) in [6.45, 7) is 8.14. The molecule has 1 N–H and O–H groups in total. The van der Waals surface area contributed by atoms with Crippen LogP contribution in [0.1, 0.15) is 66.2 Å². The van der Waals surface area contributed by atoms with Crippen molar-refractivity contribution in [2.75, 3.05) is 32.8 Å². The molecular formula is C28H34N6O2. The minimum Gasteiger partial charge on any atom is -0.379 e. The van der Waals surface area contributed by atoms with Gasteiger partial charge in [-0.25, -0.2) is 14.6 Å². The molecule has 3 aromatic rings. The van der Waals surface area contributed by atoms with Crippen molar-refractivity contribution in [1.82, 2.24) is 30.0 Å². The number of fused-ring (bicyclic) bond motifs is 3. The van der Waals surface area contributed by atoms with Crippen LogP contribution in [0.4, 0.5) is 0 Å². The van der Waals surface area contributed by atoms with E-state index in [-0.39, 0.29) is 11.4 Å². The minimum atomic E-state index is -0.150. The third-order valence-corrected chi connectivity index (χ3v) is 7.77. The largest absolute Gasteiger partial charge is 0.379 e. The molecular weight excluding hydrogens is 452 g/mol. The van der Waals surface area contributed by atoms with Crippen molar-refractivity contribution >= 4 is 5.91 Å². The summed E-state index contributed by atoms with van der Waals surface area (Å²) in [4.78, 5) is 25.5. The molecule has 3 aliphatic rings. The Labute approximate surface area is 212 Å². The van der Waals surface area contributed by atoms with Gasteiger partial charge in [-0.3, -0.25) is 9.69 Å². The van der Waals surface area contributed by atoms with E-state index in [0.29, 0.717) is 24.0 Å². The van der Waals surface area contributed by atoms with Crippen molar-refractivity contribution in [3.05, 3.63) is 59.0 Å². The highest BCUT2D eigenvalue weighted by Crippen LogP contribution is 2.42. The van der Waals surface area contributed by atoms with Gasteiger partial charge in [0.1, 0.15) is 0 Å². The zero-order valence-corrected chi connectivity index (χ0v) is 21.2. The third-order valence-electron chi connectivity index (χ3n) is 7.77. The first-order valence-electron chi connectivity index (χ1n) is 13.1. The van der Waals surface area contributed by atoms with E-state index in [9.17, 15) is 4.79 Å². The first kappa shape index (κ1) is 23.3. The lowest BCUT2D eigenvalue weighted by atomic mass is 10.0. The average Bonchev–Trinajstić information content (AvgIpc) is 3.68. The van der Waals surface area contributed by atoms with Gasteiger partial charge in [0.25, 0.3) is 11.9 Å². The molecule has 0 bridgehead atoms. The quantitative estimate of drug-likeness (QED) is 0.574. The molecule has 1 amide bonds. The number of amides is 1. The Balaban J connectivity index is 1.29. The highest BCUT2D eigenvalue weighted by atomic mass is 16.5. The Morgan fingerprint density at radius 3 is 2.69 bits per heavy atom. The smallest absolute Gasteiger partial charge is 0.254 e. The fourth-order valence-corrected chi connectivity index (χ4v) is 5.47. The second-order valence-electron chi connectivity index (χ2n) is 10.8. The van der Waals surface area contributed by atoms with Crippen LogP contribution in [0.3, 0.4) is 0 Å². The van der Waals surface area contributed by atoms with Crippen LogP contribution in [0.15, 0.2) is 36.7 Å².